The molecule has 0 bridgehead atoms. The molecular formula is C8H5Br2ClOS. The number of hydrogen-bond donors (Lipinski definition) is 0. The summed E-state index contributed by atoms with van der Waals surface area (Å²) in [5.41, 5.74) is 0. The van der Waals surface area contributed by atoms with Gasteiger partial charge in [-0.3, -0.25) is 4.79 Å². The zero-order valence-corrected chi connectivity index (χ0v) is 11.1. The molecule has 1 nitrogen and oxygen atoms in total. The average Bonchev–Trinajstić information content (AvgIpc) is 2.44. The van der Waals surface area contributed by atoms with Crippen LogP contribution in [0, 0.1) is 0 Å². The maximum atomic E-state index is 10.9. The molecule has 0 aliphatic rings. The van der Waals surface area contributed by atoms with Gasteiger partial charge in [-0.25, -0.2) is 0 Å². The van der Waals surface area contributed by atoms with Crippen molar-refractivity contribution in [2.24, 2.45) is 0 Å². The molecule has 0 atom stereocenters. The van der Waals surface area contributed by atoms with E-state index in [9.17, 15) is 4.79 Å². The Morgan fingerprint density at radius 3 is 2.77 bits per heavy atom. The second kappa shape index (κ2) is 5.29. The van der Waals surface area contributed by atoms with E-state index in [0.29, 0.717) is 0 Å². The molecule has 0 aliphatic heterocycles. The molecule has 0 unspecified atom stereocenters. The molecule has 13 heavy (non-hydrogen) atoms. The van der Waals surface area contributed by atoms with Crippen LogP contribution < -0.4 is 0 Å². The zero-order chi connectivity index (χ0) is 9.84. The summed E-state index contributed by atoms with van der Waals surface area (Å²) in [6.45, 7) is 0. The number of halogens is 3. The first-order valence-electron chi connectivity index (χ1n) is 3.34. The summed E-state index contributed by atoms with van der Waals surface area (Å²) in [6, 6.07) is 0. The Morgan fingerprint density at radius 1 is 1.62 bits per heavy atom. The summed E-state index contributed by atoms with van der Waals surface area (Å²) in [7, 11) is 0. The standard InChI is InChI=1S/C8H5Br2ClOS/c9-6-4-13-7(8(6)10)2-1-5(12)3-11/h1-2,4H,3H2. The monoisotopic (exact) mass is 342 g/mol. The highest BCUT2D eigenvalue weighted by Crippen LogP contribution is 2.33. The van der Waals surface area contributed by atoms with Crippen molar-refractivity contribution in [3.8, 4) is 0 Å². The lowest BCUT2D eigenvalue weighted by atomic mass is 10.3. The lowest BCUT2D eigenvalue weighted by Crippen LogP contribution is -1.91. The Labute approximate surface area is 102 Å². The fourth-order valence-electron chi connectivity index (χ4n) is 0.662. The number of hydrogen-bond acceptors (Lipinski definition) is 2. The Bertz CT molecular complexity index is 346. The first kappa shape index (κ1) is 11.4. The van der Waals surface area contributed by atoms with Crippen LogP contribution >= 0.6 is 54.8 Å². The third-order valence-electron chi connectivity index (χ3n) is 1.27. The minimum absolute atomic E-state index is 0.0284. The first-order valence-corrected chi connectivity index (χ1v) is 6.34. The number of carbonyl (C=O) groups excluding carboxylic acids is 1. The summed E-state index contributed by atoms with van der Waals surface area (Å²) in [5.74, 6) is -0.0567. The Morgan fingerprint density at radius 2 is 2.31 bits per heavy atom. The molecule has 0 aliphatic carbocycles. The van der Waals surface area contributed by atoms with E-state index in [0.717, 1.165) is 13.8 Å². The van der Waals surface area contributed by atoms with Crippen LogP contribution in [0.15, 0.2) is 20.4 Å². The van der Waals surface area contributed by atoms with Crippen LogP contribution in [0.4, 0.5) is 0 Å². The van der Waals surface area contributed by atoms with Crippen molar-refractivity contribution in [3.05, 3.63) is 25.3 Å². The van der Waals surface area contributed by atoms with Gasteiger partial charge in [0.2, 0.25) is 0 Å². The number of thiophene rings is 1. The topological polar surface area (TPSA) is 17.1 Å². The molecule has 5 heteroatoms. The third kappa shape index (κ3) is 3.20. The van der Waals surface area contributed by atoms with E-state index in [4.69, 9.17) is 11.6 Å². The summed E-state index contributed by atoms with van der Waals surface area (Å²) >= 11 is 13.6. The van der Waals surface area contributed by atoms with Gasteiger partial charge in [0.25, 0.3) is 0 Å². The number of ketones is 1. The molecule has 0 aromatic carbocycles. The van der Waals surface area contributed by atoms with Crippen LogP contribution in [0.25, 0.3) is 6.08 Å². The predicted molar refractivity (Wildman–Crippen MR) is 64.5 cm³/mol. The van der Waals surface area contributed by atoms with Crippen molar-refractivity contribution in [2.75, 3.05) is 5.88 Å². The molecule has 0 radical (unpaired) electrons. The van der Waals surface area contributed by atoms with Crippen molar-refractivity contribution in [3.63, 3.8) is 0 Å². The molecule has 1 aromatic rings. The van der Waals surface area contributed by atoms with Crippen molar-refractivity contribution >= 4 is 66.7 Å². The highest BCUT2D eigenvalue weighted by molar-refractivity contribution is 9.13. The Balaban J connectivity index is 2.80. The fourth-order valence-corrected chi connectivity index (χ4v) is 2.76. The quantitative estimate of drug-likeness (QED) is 0.596. The lowest BCUT2D eigenvalue weighted by molar-refractivity contribution is -0.112. The maximum absolute atomic E-state index is 10.9. The predicted octanol–water partition coefficient (Wildman–Crippen LogP) is 4.09. The molecule has 1 heterocycles. The molecular weight excluding hydrogens is 339 g/mol. The van der Waals surface area contributed by atoms with E-state index in [1.165, 1.54) is 6.08 Å². The second-order valence-electron chi connectivity index (χ2n) is 2.20. The number of rotatable bonds is 3. The number of alkyl halides is 1. The van der Waals surface area contributed by atoms with Gasteiger partial charge < -0.3 is 0 Å². The number of allylic oxidation sites excluding steroid dienone is 1. The average molecular weight is 344 g/mol. The minimum Gasteiger partial charge on any atom is -0.294 e. The molecule has 0 N–H and O–H groups in total. The van der Waals surface area contributed by atoms with Crippen molar-refractivity contribution in [1.82, 2.24) is 0 Å². The first-order chi connectivity index (χ1) is 6.15. The van der Waals surface area contributed by atoms with Crippen molar-refractivity contribution in [2.45, 2.75) is 0 Å². The summed E-state index contributed by atoms with van der Waals surface area (Å²) in [6.07, 6.45) is 3.24. The molecule has 1 aromatic heterocycles. The van der Waals surface area contributed by atoms with Crippen molar-refractivity contribution in [1.29, 1.82) is 0 Å². The normalized spacial score (nSPS) is 11.0. The molecule has 0 saturated carbocycles. The van der Waals surface area contributed by atoms with E-state index >= 15 is 0 Å². The Hall–Kier alpha value is 0.360. The third-order valence-corrected chi connectivity index (χ3v) is 5.06. The van der Waals surface area contributed by atoms with E-state index in [-0.39, 0.29) is 11.7 Å². The van der Waals surface area contributed by atoms with Gasteiger partial charge >= 0.3 is 0 Å². The van der Waals surface area contributed by atoms with Crippen molar-refractivity contribution < 1.29 is 4.79 Å². The van der Waals surface area contributed by atoms with E-state index in [1.807, 2.05) is 5.38 Å². The highest BCUT2D eigenvalue weighted by atomic mass is 79.9. The van der Waals surface area contributed by atoms with E-state index in [2.05, 4.69) is 31.9 Å². The van der Waals surface area contributed by atoms with Gasteiger partial charge in [0, 0.05) is 19.2 Å². The van der Waals surface area contributed by atoms with Gasteiger partial charge in [0.05, 0.1) is 5.88 Å². The van der Waals surface area contributed by atoms with Gasteiger partial charge in [-0.1, -0.05) is 0 Å². The zero-order valence-electron chi connectivity index (χ0n) is 6.39. The fraction of sp³-hybridized carbons (Fsp3) is 0.125. The van der Waals surface area contributed by atoms with Crippen LogP contribution in [0.5, 0.6) is 0 Å². The lowest BCUT2D eigenvalue weighted by Gasteiger charge is -1.88. The molecule has 0 saturated heterocycles. The van der Waals surface area contributed by atoms with Gasteiger partial charge in [-0.2, -0.15) is 0 Å². The van der Waals surface area contributed by atoms with Gasteiger partial charge in [0.1, 0.15) is 0 Å². The minimum atomic E-state index is -0.0851. The van der Waals surface area contributed by atoms with Crippen LogP contribution in [-0.2, 0) is 4.79 Å². The van der Waals surface area contributed by atoms with Crippen LogP contribution in [-0.4, -0.2) is 11.7 Å². The molecule has 70 valence electrons. The summed E-state index contributed by atoms with van der Waals surface area (Å²) in [4.78, 5) is 11.9. The smallest absolute Gasteiger partial charge is 0.170 e. The number of carbonyl (C=O) groups is 1. The Kier molecular flexibility index (Phi) is 4.66. The highest BCUT2D eigenvalue weighted by Gasteiger charge is 2.03. The molecule has 0 spiro atoms. The van der Waals surface area contributed by atoms with E-state index in [1.54, 1.807) is 17.4 Å². The second-order valence-corrected chi connectivity index (χ2v) is 5.02. The largest absolute Gasteiger partial charge is 0.294 e. The van der Waals surface area contributed by atoms with Crippen LogP contribution in [0.2, 0.25) is 0 Å². The van der Waals surface area contributed by atoms with Gasteiger partial charge in [-0.05, 0) is 44.0 Å². The maximum Gasteiger partial charge on any atom is 0.170 e. The van der Waals surface area contributed by atoms with Gasteiger partial charge in [0.15, 0.2) is 5.78 Å². The molecule has 1 rings (SSSR count). The SMILES string of the molecule is O=C(C=Cc1scc(Br)c1Br)CCl. The van der Waals surface area contributed by atoms with Crippen LogP contribution in [0.1, 0.15) is 4.88 Å². The molecule has 0 amide bonds. The summed E-state index contributed by atoms with van der Waals surface area (Å²) < 4.78 is 1.96. The van der Waals surface area contributed by atoms with Crippen LogP contribution in [0.3, 0.4) is 0 Å². The molecule has 0 fully saturated rings. The summed E-state index contributed by atoms with van der Waals surface area (Å²) in [5, 5.41) is 1.95. The van der Waals surface area contributed by atoms with E-state index < -0.39 is 0 Å². The van der Waals surface area contributed by atoms with Gasteiger partial charge in [-0.15, -0.1) is 22.9 Å².